The maximum absolute atomic E-state index is 4.42. The molecule has 0 radical (unpaired) electrons. The molecule has 0 spiro atoms. The lowest BCUT2D eigenvalue weighted by molar-refractivity contribution is 0.210. The van der Waals surface area contributed by atoms with Gasteiger partial charge in [0.1, 0.15) is 0 Å². The molecule has 2 aliphatic heterocycles. The summed E-state index contributed by atoms with van der Waals surface area (Å²) >= 11 is 0. The largest absolute Gasteiger partial charge is 0.356 e. The fourth-order valence-corrected chi connectivity index (χ4v) is 4.27. The third-order valence-corrected chi connectivity index (χ3v) is 5.74. The second-order valence-electron chi connectivity index (χ2n) is 7.86. The second kappa shape index (κ2) is 11.9. The first kappa shape index (κ1) is 22.4. The van der Waals surface area contributed by atoms with Crippen LogP contribution in [0.1, 0.15) is 31.2 Å². The number of halogens is 1. The molecular weight excluding hydrogens is 449 g/mol. The van der Waals surface area contributed by atoms with Gasteiger partial charge in [-0.1, -0.05) is 30.3 Å². The molecule has 1 aromatic carbocycles. The van der Waals surface area contributed by atoms with Crippen molar-refractivity contribution in [3.8, 4) is 0 Å². The Hall–Kier alpha value is -0.860. The van der Waals surface area contributed by atoms with Crippen molar-refractivity contribution < 1.29 is 0 Å². The first-order valence-electron chi connectivity index (χ1n) is 10.2. The zero-order chi connectivity index (χ0) is 18.2. The average Bonchev–Trinajstić information content (AvgIpc) is 3.10. The smallest absolute Gasteiger partial charge is 0.191 e. The summed E-state index contributed by atoms with van der Waals surface area (Å²) in [5.74, 6) is 1.68. The maximum Gasteiger partial charge on any atom is 0.191 e. The van der Waals surface area contributed by atoms with E-state index >= 15 is 0 Å². The van der Waals surface area contributed by atoms with Crippen LogP contribution in [0.25, 0.3) is 0 Å². The van der Waals surface area contributed by atoms with Crippen molar-refractivity contribution in [3.05, 3.63) is 35.9 Å². The third-order valence-electron chi connectivity index (χ3n) is 5.74. The van der Waals surface area contributed by atoms with Crippen LogP contribution in [0, 0.1) is 5.92 Å². The summed E-state index contributed by atoms with van der Waals surface area (Å²) in [5, 5.41) is 7.10. The van der Waals surface area contributed by atoms with Gasteiger partial charge in [0.05, 0.1) is 0 Å². The summed E-state index contributed by atoms with van der Waals surface area (Å²) in [6.45, 7) is 6.66. The normalized spacial score (nSPS) is 24.4. The zero-order valence-electron chi connectivity index (χ0n) is 16.9. The van der Waals surface area contributed by atoms with Crippen LogP contribution in [0.5, 0.6) is 0 Å². The van der Waals surface area contributed by atoms with Gasteiger partial charge < -0.3 is 15.5 Å². The number of aliphatic imine (C=N–C) groups is 1. The molecule has 2 fully saturated rings. The van der Waals surface area contributed by atoms with E-state index in [1.54, 1.807) is 0 Å². The summed E-state index contributed by atoms with van der Waals surface area (Å²) in [5.41, 5.74) is 1.41. The van der Waals surface area contributed by atoms with Gasteiger partial charge in [-0.25, -0.2) is 0 Å². The van der Waals surface area contributed by atoms with Gasteiger partial charge in [-0.3, -0.25) is 9.89 Å². The fraction of sp³-hybridized carbons (Fsp3) is 0.667. The second-order valence-corrected chi connectivity index (χ2v) is 7.86. The molecular formula is C21H36IN5. The lowest BCUT2D eigenvalue weighted by Crippen LogP contribution is -2.47. The Bertz CT molecular complexity index is 565. The van der Waals surface area contributed by atoms with Gasteiger partial charge in [-0.05, 0) is 57.3 Å². The van der Waals surface area contributed by atoms with E-state index < -0.39 is 0 Å². The number of piperidine rings is 1. The fourth-order valence-electron chi connectivity index (χ4n) is 4.27. The molecule has 2 atom stereocenters. The lowest BCUT2D eigenvalue weighted by atomic mass is 9.99. The number of benzene rings is 1. The molecule has 2 unspecified atom stereocenters. The van der Waals surface area contributed by atoms with E-state index in [4.69, 9.17) is 0 Å². The number of nitrogens with one attached hydrogen (secondary N) is 2. The molecule has 152 valence electrons. The quantitative estimate of drug-likeness (QED) is 0.370. The highest BCUT2D eigenvalue weighted by Crippen LogP contribution is 2.19. The SMILES string of the molecule is CN=C(NCC1CCCN(C)C1)NCC1CCCN1Cc1ccccc1.I. The van der Waals surface area contributed by atoms with Crippen molar-refractivity contribution >= 4 is 29.9 Å². The van der Waals surface area contributed by atoms with Gasteiger partial charge in [0.15, 0.2) is 5.96 Å². The minimum Gasteiger partial charge on any atom is -0.356 e. The number of hydrogen-bond acceptors (Lipinski definition) is 3. The lowest BCUT2D eigenvalue weighted by Gasteiger charge is -2.30. The number of guanidine groups is 1. The Kier molecular flexibility index (Phi) is 9.86. The number of nitrogens with zero attached hydrogens (tertiary/aromatic N) is 3. The standard InChI is InChI=1S/C21H35N5.HI/c1-22-21(23-14-19-10-6-12-25(2)16-19)24-15-20-11-7-13-26(20)17-18-8-4-3-5-9-18;/h3-5,8-9,19-20H,6-7,10-17H2,1-2H3,(H2,22,23,24);1H. The van der Waals surface area contributed by atoms with Crippen LogP contribution in [-0.2, 0) is 6.54 Å². The first-order valence-corrected chi connectivity index (χ1v) is 10.2. The van der Waals surface area contributed by atoms with E-state index in [1.807, 2.05) is 7.05 Å². The topological polar surface area (TPSA) is 42.9 Å². The van der Waals surface area contributed by atoms with Crippen molar-refractivity contribution in [2.24, 2.45) is 10.9 Å². The van der Waals surface area contributed by atoms with E-state index in [0.717, 1.165) is 31.5 Å². The van der Waals surface area contributed by atoms with E-state index in [-0.39, 0.29) is 24.0 Å². The zero-order valence-corrected chi connectivity index (χ0v) is 19.2. The van der Waals surface area contributed by atoms with Gasteiger partial charge in [0.2, 0.25) is 0 Å². The Balaban J connectivity index is 0.00000261. The van der Waals surface area contributed by atoms with Crippen molar-refractivity contribution in [2.75, 3.05) is 46.8 Å². The van der Waals surface area contributed by atoms with Crippen LogP contribution in [0.3, 0.4) is 0 Å². The van der Waals surface area contributed by atoms with Crippen molar-refractivity contribution in [3.63, 3.8) is 0 Å². The first-order chi connectivity index (χ1) is 12.7. The predicted octanol–water partition coefficient (Wildman–Crippen LogP) is 2.78. The van der Waals surface area contributed by atoms with Crippen LogP contribution < -0.4 is 10.6 Å². The monoisotopic (exact) mass is 485 g/mol. The summed E-state index contributed by atoms with van der Waals surface area (Å²) in [4.78, 5) is 9.46. The molecule has 2 N–H and O–H groups in total. The molecule has 0 aromatic heterocycles. The number of rotatable bonds is 6. The molecule has 0 bridgehead atoms. The Labute approximate surface area is 182 Å². The summed E-state index contributed by atoms with van der Waals surface area (Å²) in [6.07, 6.45) is 5.19. The number of likely N-dealkylation sites (tertiary alicyclic amines) is 2. The summed E-state index contributed by atoms with van der Waals surface area (Å²) < 4.78 is 0. The Morgan fingerprint density at radius 1 is 1.07 bits per heavy atom. The molecule has 0 saturated carbocycles. The summed E-state index contributed by atoms with van der Waals surface area (Å²) in [6, 6.07) is 11.4. The van der Waals surface area contributed by atoms with Gasteiger partial charge in [0, 0.05) is 39.3 Å². The molecule has 2 heterocycles. The molecule has 0 aliphatic carbocycles. The Morgan fingerprint density at radius 3 is 2.56 bits per heavy atom. The van der Waals surface area contributed by atoms with E-state index in [1.165, 1.54) is 50.9 Å². The van der Waals surface area contributed by atoms with Crippen LogP contribution in [0.2, 0.25) is 0 Å². The van der Waals surface area contributed by atoms with Crippen LogP contribution >= 0.6 is 24.0 Å². The molecule has 2 aliphatic rings. The van der Waals surface area contributed by atoms with Crippen LogP contribution in [0.4, 0.5) is 0 Å². The van der Waals surface area contributed by atoms with Crippen molar-refractivity contribution in [2.45, 2.75) is 38.3 Å². The molecule has 27 heavy (non-hydrogen) atoms. The number of hydrogen-bond donors (Lipinski definition) is 2. The minimum atomic E-state index is 0. The third kappa shape index (κ3) is 7.23. The predicted molar refractivity (Wildman–Crippen MR) is 125 cm³/mol. The average molecular weight is 485 g/mol. The minimum absolute atomic E-state index is 0. The highest BCUT2D eigenvalue weighted by molar-refractivity contribution is 14.0. The van der Waals surface area contributed by atoms with Gasteiger partial charge >= 0.3 is 0 Å². The van der Waals surface area contributed by atoms with Crippen LogP contribution in [0.15, 0.2) is 35.3 Å². The molecule has 2 saturated heterocycles. The van der Waals surface area contributed by atoms with E-state index in [0.29, 0.717) is 6.04 Å². The van der Waals surface area contributed by atoms with Crippen molar-refractivity contribution in [1.29, 1.82) is 0 Å². The van der Waals surface area contributed by atoms with Crippen LogP contribution in [-0.4, -0.2) is 68.6 Å². The summed E-state index contributed by atoms with van der Waals surface area (Å²) in [7, 11) is 4.10. The molecule has 6 heteroatoms. The Morgan fingerprint density at radius 2 is 1.81 bits per heavy atom. The van der Waals surface area contributed by atoms with E-state index in [9.17, 15) is 0 Å². The van der Waals surface area contributed by atoms with Gasteiger partial charge in [-0.15, -0.1) is 24.0 Å². The van der Waals surface area contributed by atoms with Crippen molar-refractivity contribution in [1.82, 2.24) is 20.4 Å². The van der Waals surface area contributed by atoms with Gasteiger partial charge in [0.25, 0.3) is 0 Å². The van der Waals surface area contributed by atoms with Gasteiger partial charge in [-0.2, -0.15) is 0 Å². The highest BCUT2D eigenvalue weighted by Gasteiger charge is 2.24. The highest BCUT2D eigenvalue weighted by atomic mass is 127. The molecule has 5 nitrogen and oxygen atoms in total. The molecule has 0 amide bonds. The molecule has 1 aromatic rings. The molecule has 3 rings (SSSR count). The van der Waals surface area contributed by atoms with E-state index in [2.05, 4.69) is 62.8 Å². The maximum atomic E-state index is 4.42.